The molecule has 5 heteroatoms. The second-order valence-corrected chi connectivity index (χ2v) is 5.29. The van der Waals surface area contributed by atoms with E-state index in [1.165, 1.54) is 22.2 Å². The van der Waals surface area contributed by atoms with Gasteiger partial charge in [-0.25, -0.2) is 4.98 Å². The highest BCUT2D eigenvalue weighted by atomic mass is 32.2. The normalized spacial score (nSPS) is 10.8. The van der Waals surface area contributed by atoms with Crippen molar-refractivity contribution in [2.45, 2.75) is 10.6 Å². The average molecular weight is 284 g/mol. The minimum atomic E-state index is -0.0940. The Hall–Kier alpha value is -2.27. The van der Waals surface area contributed by atoms with Gasteiger partial charge >= 0.3 is 0 Å². The van der Waals surface area contributed by atoms with Crippen LogP contribution < -0.4 is 5.56 Å². The summed E-state index contributed by atoms with van der Waals surface area (Å²) in [6.07, 6.45) is 1.70. The molecule has 0 saturated carbocycles. The van der Waals surface area contributed by atoms with Crippen LogP contribution in [0.15, 0.2) is 64.4 Å². The Labute approximate surface area is 119 Å². The van der Waals surface area contributed by atoms with E-state index in [1.54, 1.807) is 30.5 Å². The lowest BCUT2D eigenvalue weighted by molar-refractivity contribution is 0.462. The van der Waals surface area contributed by atoms with Crippen molar-refractivity contribution in [3.8, 4) is 5.75 Å². The highest BCUT2D eigenvalue weighted by molar-refractivity contribution is 7.98. The third kappa shape index (κ3) is 2.53. The van der Waals surface area contributed by atoms with Crippen molar-refractivity contribution in [1.29, 1.82) is 0 Å². The topological polar surface area (TPSA) is 54.6 Å². The number of nitrogens with zero attached hydrogens (tertiary/aromatic N) is 2. The van der Waals surface area contributed by atoms with Gasteiger partial charge in [-0.1, -0.05) is 18.2 Å². The molecule has 0 aliphatic carbocycles. The third-order valence-corrected chi connectivity index (χ3v) is 3.96. The fourth-order valence-corrected chi connectivity index (χ4v) is 2.75. The lowest BCUT2D eigenvalue weighted by atomic mass is 10.3. The van der Waals surface area contributed by atoms with Gasteiger partial charge in [0.2, 0.25) is 0 Å². The molecule has 20 heavy (non-hydrogen) atoms. The zero-order chi connectivity index (χ0) is 13.9. The first-order valence-electron chi connectivity index (χ1n) is 6.12. The van der Waals surface area contributed by atoms with Crippen LogP contribution in [-0.4, -0.2) is 14.5 Å². The number of hydrogen-bond acceptors (Lipinski definition) is 4. The van der Waals surface area contributed by atoms with Gasteiger partial charge in [0.05, 0.1) is 5.69 Å². The SMILES string of the molecule is O=c1cc(CSc2ccccc2O)nc2ccccn12. The average Bonchev–Trinajstić information content (AvgIpc) is 2.46. The van der Waals surface area contributed by atoms with Crippen LogP contribution in [0.2, 0.25) is 0 Å². The van der Waals surface area contributed by atoms with Crippen LogP contribution >= 0.6 is 11.8 Å². The molecule has 1 aromatic carbocycles. The number of hydrogen-bond donors (Lipinski definition) is 1. The summed E-state index contributed by atoms with van der Waals surface area (Å²) in [6, 6.07) is 14.1. The van der Waals surface area contributed by atoms with Gasteiger partial charge in [0, 0.05) is 22.9 Å². The fraction of sp³-hybridized carbons (Fsp3) is 0.0667. The number of benzene rings is 1. The van der Waals surface area contributed by atoms with Crippen LogP contribution in [0.5, 0.6) is 5.75 Å². The second kappa shape index (κ2) is 5.38. The number of para-hydroxylation sites is 1. The minimum Gasteiger partial charge on any atom is -0.507 e. The lowest BCUT2D eigenvalue weighted by Crippen LogP contribution is -2.14. The number of fused-ring (bicyclic) bond motifs is 1. The maximum atomic E-state index is 11.9. The number of aromatic nitrogens is 2. The Morgan fingerprint density at radius 2 is 1.95 bits per heavy atom. The number of thioether (sulfide) groups is 1. The summed E-state index contributed by atoms with van der Waals surface area (Å²) >= 11 is 1.46. The molecule has 0 saturated heterocycles. The van der Waals surface area contributed by atoms with E-state index in [0.29, 0.717) is 17.1 Å². The molecule has 3 aromatic rings. The molecule has 1 N–H and O–H groups in total. The molecule has 0 bridgehead atoms. The summed E-state index contributed by atoms with van der Waals surface area (Å²) < 4.78 is 1.51. The van der Waals surface area contributed by atoms with Crippen LogP contribution in [0.3, 0.4) is 0 Å². The summed E-state index contributed by atoms with van der Waals surface area (Å²) in [5, 5.41) is 9.71. The first kappa shape index (κ1) is 12.7. The van der Waals surface area contributed by atoms with Crippen molar-refractivity contribution in [2.75, 3.05) is 0 Å². The van der Waals surface area contributed by atoms with E-state index in [1.807, 2.05) is 18.2 Å². The molecule has 4 nitrogen and oxygen atoms in total. The van der Waals surface area contributed by atoms with Gasteiger partial charge in [-0.2, -0.15) is 0 Å². The predicted octanol–water partition coefficient (Wildman–Crippen LogP) is 2.69. The van der Waals surface area contributed by atoms with Crippen molar-refractivity contribution in [3.05, 3.63) is 70.8 Å². The summed E-state index contributed by atoms with van der Waals surface area (Å²) in [5.41, 5.74) is 1.24. The Bertz CT molecular complexity index is 814. The summed E-state index contributed by atoms with van der Waals surface area (Å²) in [6.45, 7) is 0. The number of pyridine rings is 1. The second-order valence-electron chi connectivity index (χ2n) is 4.27. The Morgan fingerprint density at radius 3 is 2.80 bits per heavy atom. The summed E-state index contributed by atoms with van der Waals surface area (Å²) in [5.74, 6) is 0.785. The quantitative estimate of drug-likeness (QED) is 0.751. The van der Waals surface area contributed by atoms with Crippen molar-refractivity contribution < 1.29 is 5.11 Å². The van der Waals surface area contributed by atoms with E-state index in [2.05, 4.69) is 4.98 Å². The van der Waals surface area contributed by atoms with Crippen molar-refractivity contribution in [1.82, 2.24) is 9.38 Å². The fourth-order valence-electron chi connectivity index (χ4n) is 1.91. The number of phenolic OH excluding ortho intramolecular Hbond substituents is 1. The number of aromatic hydroxyl groups is 1. The molecule has 0 fully saturated rings. The van der Waals surface area contributed by atoms with Crippen LogP contribution in [-0.2, 0) is 5.75 Å². The van der Waals surface area contributed by atoms with Gasteiger partial charge in [0.1, 0.15) is 11.4 Å². The molecule has 2 aromatic heterocycles. The predicted molar refractivity (Wildman–Crippen MR) is 79.1 cm³/mol. The van der Waals surface area contributed by atoms with E-state index in [4.69, 9.17) is 0 Å². The Morgan fingerprint density at radius 1 is 1.15 bits per heavy atom. The maximum Gasteiger partial charge on any atom is 0.258 e. The minimum absolute atomic E-state index is 0.0940. The Balaban J connectivity index is 1.88. The van der Waals surface area contributed by atoms with Gasteiger partial charge in [-0.3, -0.25) is 9.20 Å². The smallest absolute Gasteiger partial charge is 0.258 e. The van der Waals surface area contributed by atoms with E-state index in [9.17, 15) is 9.90 Å². The standard InChI is InChI=1S/C15H12N2O2S/c18-12-5-1-2-6-13(12)20-10-11-9-15(19)17-8-4-3-7-14(17)16-11/h1-9,18H,10H2. The molecule has 0 radical (unpaired) electrons. The highest BCUT2D eigenvalue weighted by Gasteiger charge is 2.05. The highest BCUT2D eigenvalue weighted by Crippen LogP contribution is 2.29. The van der Waals surface area contributed by atoms with Crippen LogP contribution in [0.1, 0.15) is 5.69 Å². The third-order valence-electron chi connectivity index (χ3n) is 2.86. The zero-order valence-corrected chi connectivity index (χ0v) is 11.4. The molecule has 0 aliphatic rings. The van der Waals surface area contributed by atoms with E-state index in [-0.39, 0.29) is 11.3 Å². The van der Waals surface area contributed by atoms with Gasteiger partial charge in [0.15, 0.2) is 0 Å². The molecule has 100 valence electrons. The first-order chi connectivity index (χ1) is 9.74. The van der Waals surface area contributed by atoms with E-state index in [0.717, 1.165) is 4.90 Å². The van der Waals surface area contributed by atoms with Crippen LogP contribution in [0.4, 0.5) is 0 Å². The molecule has 2 heterocycles. The summed E-state index contributed by atoms with van der Waals surface area (Å²) in [7, 11) is 0. The maximum absolute atomic E-state index is 11.9. The lowest BCUT2D eigenvalue weighted by Gasteiger charge is -2.05. The van der Waals surface area contributed by atoms with Crippen LogP contribution in [0, 0.1) is 0 Å². The van der Waals surface area contributed by atoms with Crippen molar-refractivity contribution >= 4 is 17.4 Å². The Kier molecular flexibility index (Phi) is 3.43. The van der Waals surface area contributed by atoms with Gasteiger partial charge in [-0.15, -0.1) is 11.8 Å². The molecule has 0 unspecified atom stereocenters. The number of rotatable bonds is 3. The van der Waals surface area contributed by atoms with Gasteiger partial charge in [0.25, 0.3) is 5.56 Å². The van der Waals surface area contributed by atoms with Gasteiger partial charge < -0.3 is 5.11 Å². The first-order valence-corrected chi connectivity index (χ1v) is 7.11. The van der Waals surface area contributed by atoms with Gasteiger partial charge in [-0.05, 0) is 24.3 Å². The number of phenols is 1. The molecular formula is C15H12N2O2S. The molecular weight excluding hydrogens is 272 g/mol. The van der Waals surface area contributed by atoms with Crippen molar-refractivity contribution in [2.24, 2.45) is 0 Å². The van der Waals surface area contributed by atoms with Crippen LogP contribution in [0.25, 0.3) is 5.65 Å². The summed E-state index contributed by atoms with van der Waals surface area (Å²) in [4.78, 5) is 17.2. The zero-order valence-electron chi connectivity index (χ0n) is 10.6. The molecule has 0 atom stereocenters. The van der Waals surface area contributed by atoms with Crippen molar-refractivity contribution in [3.63, 3.8) is 0 Å². The monoisotopic (exact) mass is 284 g/mol. The molecule has 0 aliphatic heterocycles. The largest absolute Gasteiger partial charge is 0.507 e. The van der Waals surface area contributed by atoms with E-state index >= 15 is 0 Å². The molecule has 3 rings (SSSR count). The van der Waals surface area contributed by atoms with E-state index < -0.39 is 0 Å². The molecule has 0 spiro atoms. The molecule has 0 amide bonds.